The third-order valence-electron chi connectivity index (χ3n) is 4.72. The number of aryl methyl sites for hydroxylation is 4. The number of unbranched alkanes of at least 4 members (excludes halogenated alkanes) is 1. The van der Waals surface area contributed by atoms with E-state index in [4.69, 9.17) is 15.5 Å². The molecular formula is C22H30NO4PS. The molecule has 0 spiro atoms. The van der Waals surface area contributed by atoms with Crippen LogP contribution in [0.1, 0.15) is 52.6 Å². The Balaban J connectivity index is 1.76. The molecule has 0 fully saturated rings. The SMILES string of the molecule is Cc1ccc(CCCC#Cc2ccc(CCC(C)(N)COP(=O)(O)O)s2)cc1C. The van der Waals surface area contributed by atoms with E-state index in [2.05, 4.69) is 48.4 Å². The first kappa shape index (κ1) is 23.8. The number of phosphoric ester groups is 1. The van der Waals surface area contributed by atoms with Crippen molar-refractivity contribution in [1.82, 2.24) is 0 Å². The average molecular weight is 436 g/mol. The molecule has 1 aromatic heterocycles. The fraction of sp³-hybridized carbons (Fsp3) is 0.455. The van der Waals surface area contributed by atoms with E-state index in [0.717, 1.165) is 35.4 Å². The molecule has 0 aliphatic rings. The minimum atomic E-state index is -4.49. The first-order chi connectivity index (χ1) is 13.5. The predicted molar refractivity (Wildman–Crippen MR) is 119 cm³/mol. The van der Waals surface area contributed by atoms with Gasteiger partial charge in [0.15, 0.2) is 0 Å². The Hall–Kier alpha value is -1.45. The van der Waals surface area contributed by atoms with Crippen LogP contribution in [-0.2, 0) is 21.9 Å². The second kappa shape index (κ2) is 10.5. The van der Waals surface area contributed by atoms with Crippen molar-refractivity contribution in [2.75, 3.05) is 6.61 Å². The smallest absolute Gasteiger partial charge is 0.323 e. The van der Waals surface area contributed by atoms with E-state index in [1.165, 1.54) is 16.7 Å². The summed E-state index contributed by atoms with van der Waals surface area (Å²) in [5, 5.41) is 0. The maximum atomic E-state index is 10.8. The highest BCUT2D eigenvalue weighted by Gasteiger charge is 2.24. The molecule has 5 nitrogen and oxygen atoms in total. The van der Waals surface area contributed by atoms with Crippen molar-refractivity contribution in [3.8, 4) is 11.8 Å². The lowest BCUT2D eigenvalue weighted by Gasteiger charge is -2.24. The minimum absolute atomic E-state index is 0.185. The molecule has 0 aliphatic heterocycles. The zero-order valence-corrected chi connectivity index (χ0v) is 19.0. The molecular weight excluding hydrogens is 405 g/mol. The van der Waals surface area contributed by atoms with Crippen molar-refractivity contribution >= 4 is 19.2 Å². The van der Waals surface area contributed by atoms with Gasteiger partial charge in [-0.25, -0.2) is 4.57 Å². The van der Waals surface area contributed by atoms with E-state index in [0.29, 0.717) is 6.42 Å². The first-order valence-corrected chi connectivity index (χ1v) is 12.0. The summed E-state index contributed by atoms with van der Waals surface area (Å²) >= 11 is 1.63. The van der Waals surface area contributed by atoms with Crippen LogP contribution in [-0.4, -0.2) is 21.9 Å². The Morgan fingerprint density at radius 2 is 1.93 bits per heavy atom. The number of hydrogen-bond acceptors (Lipinski definition) is 4. The van der Waals surface area contributed by atoms with Crippen LogP contribution in [0.3, 0.4) is 0 Å². The minimum Gasteiger partial charge on any atom is -0.323 e. The molecule has 1 unspecified atom stereocenters. The third-order valence-corrected chi connectivity index (χ3v) is 6.24. The van der Waals surface area contributed by atoms with E-state index in [1.807, 2.05) is 12.1 Å². The number of rotatable bonds is 9. The summed E-state index contributed by atoms with van der Waals surface area (Å²) in [6.45, 7) is 5.82. The molecule has 0 radical (unpaired) electrons. The van der Waals surface area contributed by atoms with Crippen LogP contribution in [0, 0.1) is 25.7 Å². The largest absolute Gasteiger partial charge is 0.469 e. The molecule has 1 heterocycles. The van der Waals surface area contributed by atoms with Gasteiger partial charge in [-0.1, -0.05) is 30.0 Å². The normalized spacial score (nSPS) is 13.6. The van der Waals surface area contributed by atoms with Crippen molar-refractivity contribution < 1.29 is 18.9 Å². The highest BCUT2D eigenvalue weighted by atomic mass is 32.1. The summed E-state index contributed by atoms with van der Waals surface area (Å²) in [7, 11) is -4.49. The van der Waals surface area contributed by atoms with Crippen molar-refractivity contribution in [1.29, 1.82) is 0 Å². The Morgan fingerprint density at radius 1 is 1.17 bits per heavy atom. The molecule has 1 aromatic carbocycles. The lowest BCUT2D eigenvalue weighted by Crippen LogP contribution is -2.41. The zero-order chi connectivity index (χ0) is 21.5. The molecule has 0 saturated carbocycles. The van der Waals surface area contributed by atoms with Gasteiger partial charge in [-0.2, -0.15) is 0 Å². The van der Waals surface area contributed by atoms with Gasteiger partial charge in [0.05, 0.1) is 11.5 Å². The van der Waals surface area contributed by atoms with E-state index in [1.54, 1.807) is 18.3 Å². The Kier molecular flexibility index (Phi) is 8.66. The van der Waals surface area contributed by atoms with Crippen molar-refractivity contribution in [2.45, 2.75) is 58.4 Å². The topological polar surface area (TPSA) is 92.8 Å². The van der Waals surface area contributed by atoms with E-state index in [-0.39, 0.29) is 6.61 Å². The second-order valence-corrected chi connectivity index (χ2v) is 10.2. The molecule has 2 aromatic rings. The van der Waals surface area contributed by atoms with Gasteiger partial charge in [-0.15, -0.1) is 11.3 Å². The number of thiophene rings is 1. The van der Waals surface area contributed by atoms with E-state index in [9.17, 15) is 4.57 Å². The fourth-order valence-electron chi connectivity index (χ4n) is 2.78. The van der Waals surface area contributed by atoms with E-state index >= 15 is 0 Å². The first-order valence-electron chi connectivity index (χ1n) is 9.67. The lowest BCUT2D eigenvalue weighted by molar-refractivity contribution is 0.154. The van der Waals surface area contributed by atoms with Crippen LogP contribution in [0.4, 0.5) is 0 Å². The van der Waals surface area contributed by atoms with Gasteiger partial charge in [0.2, 0.25) is 0 Å². The highest BCUT2D eigenvalue weighted by molar-refractivity contribution is 7.46. The molecule has 7 heteroatoms. The molecule has 4 N–H and O–H groups in total. The quantitative estimate of drug-likeness (QED) is 0.306. The molecule has 29 heavy (non-hydrogen) atoms. The number of nitrogens with two attached hydrogens (primary N) is 1. The van der Waals surface area contributed by atoms with Gasteiger partial charge in [0, 0.05) is 16.8 Å². The van der Waals surface area contributed by atoms with Gasteiger partial charge < -0.3 is 15.5 Å². The average Bonchev–Trinajstić information content (AvgIpc) is 3.09. The van der Waals surface area contributed by atoms with Crippen LogP contribution in [0.25, 0.3) is 0 Å². The summed E-state index contributed by atoms with van der Waals surface area (Å²) in [6, 6.07) is 10.7. The van der Waals surface area contributed by atoms with Crippen LogP contribution < -0.4 is 5.73 Å². The van der Waals surface area contributed by atoms with Crippen molar-refractivity contribution in [3.05, 3.63) is 56.8 Å². The summed E-state index contributed by atoms with van der Waals surface area (Å²) < 4.78 is 15.3. The summed E-state index contributed by atoms with van der Waals surface area (Å²) in [5.41, 5.74) is 9.29. The Labute approximate surface area is 177 Å². The van der Waals surface area contributed by atoms with Gasteiger partial charge in [0.1, 0.15) is 0 Å². The lowest BCUT2D eigenvalue weighted by atomic mass is 9.98. The fourth-order valence-corrected chi connectivity index (χ4v) is 4.13. The Morgan fingerprint density at radius 3 is 2.62 bits per heavy atom. The summed E-state index contributed by atoms with van der Waals surface area (Å²) in [5.74, 6) is 6.47. The molecule has 2 rings (SSSR count). The monoisotopic (exact) mass is 435 g/mol. The van der Waals surface area contributed by atoms with E-state index < -0.39 is 13.4 Å². The standard InChI is InChI=1S/C22H30NO4PS/c1-17-9-10-19(15-18(17)2)7-5-4-6-8-20-11-12-21(29-20)13-14-22(3,23)16-27-28(24,25)26/h9-12,15H,4-5,7,13-14,16,23H2,1-3H3,(H2,24,25,26). The van der Waals surface area contributed by atoms with Crippen LogP contribution in [0.15, 0.2) is 30.3 Å². The maximum Gasteiger partial charge on any atom is 0.469 e. The molecule has 158 valence electrons. The van der Waals surface area contributed by atoms with Crippen LogP contribution >= 0.6 is 19.2 Å². The molecule has 0 saturated heterocycles. The molecule has 0 aliphatic carbocycles. The number of benzene rings is 1. The van der Waals surface area contributed by atoms with Gasteiger partial charge in [0.25, 0.3) is 0 Å². The number of hydrogen-bond donors (Lipinski definition) is 3. The third kappa shape index (κ3) is 9.27. The molecule has 0 amide bonds. The Bertz CT molecular complexity index is 920. The van der Waals surface area contributed by atoms with Gasteiger partial charge >= 0.3 is 7.82 Å². The molecule has 0 bridgehead atoms. The van der Waals surface area contributed by atoms with Crippen molar-refractivity contribution in [2.24, 2.45) is 5.73 Å². The van der Waals surface area contributed by atoms with Crippen molar-refractivity contribution in [3.63, 3.8) is 0 Å². The summed E-state index contributed by atoms with van der Waals surface area (Å²) in [4.78, 5) is 19.8. The van der Waals surface area contributed by atoms with Gasteiger partial charge in [-0.3, -0.25) is 4.52 Å². The second-order valence-electron chi connectivity index (χ2n) is 7.76. The maximum absolute atomic E-state index is 10.8. The predicted octanol–water partition coefficient (Wildman–Crippen LogP) is 4.50. The van der Waals surface area contributed by atoms with Gasteiger partial charge in [-0.05, 0) is 75.3 Å². The zero-order valence-electron chi connectivity index (χ0n) is 17.3. The molecule has 1 atom stereocenters. The summed E-state index contributed by atoms with van der Waals surface area (Å²) in [6.07, 6.45) is 4.23. The highest BCUT2D eigenvalue weighted by Crippen LogP contribution is 2.37. The van der Waals surface area contributed by atoms with Crippen LogP contribution in [0.5, 0.6) is 0 Å². The number of phosphoric acid groups is 1. The van der Waals surface area contributed by atoms with Crippen LogP contribution in [0.2, 0.25) is 0 Å².